The number of carbonyl (C=O) groups excluding carboxylic acids is 2. The van der Waals surface area contributed by atoms with Crippen molar-refractivity contribution in [1.82, 2.24) is 4.90 Å². The smallest absolute Gasteiger partial charge is 0.467 e. The Morgan fingerprint density at radius 2 is 1.87 bits per heavy atom. The van der Waals surface area contributed by atoms with Crippen molar-refractivity contribution in [3.8, 4) is 0 Å². The highest BCUT2D eigenvalue weighted by atomic mass is 19.4. The lowest BCUT2D eigenvalue weighted by Crippen LogP contribution is -2.52. The summed E-state index contributed by atoms with van der Waals surface area (Å²) >= 11 is 0. The summed E-state index contributed by atoms with van der Waals surface area (Å²) in [5.74, 6) is -2.97. The number of esters is 1. The summed E-state index contributed by atoms with van der Waals surface area (Å²) in [7, 11) is 2.55. The highest BCUT2D eigenvalue weighted by Crippen LogP contribution is 2.42. The molecule has 0 N–H and O–H groups in total. The first-order valence-electron chi connectivity index (χ1n) is 7.37. The maximum Gasteiger partial charge on any atom is 0.471 e. The van der Waals surface area contributed by atoms with E-state index in [0.29, 0.717) is 17.7 Å². The van der Waals surface area contributed by atoms with Crippen molar-refractivity contribution in [1.29, 1.82) is 0 Å². The zero-order valence-electron chi connectivity index (χ0n) is 13.0. The third-order valence-corrected chi connectivity index (χ3v) is 4.50. The predicted octanol–water partition coefficient (Wildman–Crippen LogP) is 1.48. The Balaban J connectivity index is 2.20. The molecule has 0 aromatic heterocycles. The van der Waals surface area contributed by atoms with Crippen molar-refractivity contribution in [2.24, 2.45) is 5.92 Å². The summed E-state index contributed by atoms with van der Waals surface area (Å²) in [5, 5.41) is 0. The first-order valence-corrected chi connectivity index (χ1v) is 7.37. The fraction of sp³-hybridized carbons (Fsp3) is 0.857. The summed E-state index contributed by atoms with van der Waals surface area (Å²) in [4.78, 5) is 24.3. The van der Waals surface area contributed by atoms with Crippen molar-refractivity contribution in [2.45, 2.75) is 50.0 Å². The molecule has 2 fully saturated rings. The van der Waals surface area contributed by atoms with E-state index in [1.807, 2.05) is 0 Å². The number of ether oxygens (including phenoxy) is 3. The molecule has 0 bridgehead atoms. The van der Waals surface area contributed by atoms with Crippen molar-refractivity contribution in [3.05, 3.63) is 0 Å². The normalized spacial score (nSPS) is 30.9. The standard InChI is InChI=1S/C14H20F3NO5/c1-21-7-23-9-4-3-8-5-11(12(19)22-2)18(10(8)6-9)13(20)14(15,16)17/h8-11H,3-7H2,1-2H3/t8-,9-,10-,11-/m1/s1. The van der Waals surface area contributed by atoms with Crippen molar-refractivity contribution in [3.63, 3.8) is 0 Å². The van der Waals surface area contributed by atoms with Gasteiger partial charge in [0.15, 0.2) is 0 Å². The van der Waals surface area contributed by atoms with Gasteiger partial charge < -0.3 is 19.1 Å². The SMILES string of the molecule is COCO[C@@H]1CC[C@@H]2C[C@H](C(=O)OC)N(C(=O)C(F)(F)F)[C@@H]2C1. The Bertz CT molecular complexity index is 456. The van der Waals surface area contributed by atoms with Gasteiger partial charge >= 0.3 is 18.1 Å². The molecule has 132 valence electrons. The van der Waals surface area contributed by atoms with Crippen LogP contribution in [0.4, 0.5) is 13.2 Å². The van der Waals surface area contributed by atoms with Gasteiger partial charge in [-0.2, -0.15) is 13.2 Å². The molecule has 9 heteroatoms. The molecule has 1 saturated carbocycles. The van der Waals surface area contributed by atoms with Crippen molar-refractivity contribution >= 4 is 11.9 Å². The highest BCUT2D eigenvalue weighted by molar-refractivity contribution is 5.88. The fourth-order valence-electron chi connectivity index (χ4n) is 3.52. The van der Waals surface area contributed by atoms with E-state index in [0.717, 1.165) is 7.11 Å². The van der Waals surface area contributed by atoms with Crippen molar-refractivity contribution in [2.75, 3.05) is 21.0 Å². The van der Waals surface area contributed by atoms with Gasteiger partial charge in [-0.15, -0.1) is 0 Å². The van der Waals surface area contributed by atoms with Gasteiger partial charge in [-0.1, -0.05) is 0 Å². The molecule has 23 heavy (non-hydrogen) atoms. The van der Waals surface area contributed by atoms with Crippen molar-refractivity contribution < 1.29 is 37.0 Å². The van der Waals surface area contributed by atoms with E-state index in [-0.39, 0.29) is 31.7 Å². The minimum atomic E-state index is -5.03. The van der Waals surface area contributed by atoms with Crippen LogP contribution in [0.3, 0.4) is 0 Å². The van der Waals surface area contributed by atoms with Gasteiger partial charge in [-0.05, 0) is 31.6 Å². The second kappa shape index (κ2) is 7.04. The molecule has 2 aliphatic rings. The van der Waals surface area contributed by atoms with E-state index in [4.69, 9.17) is 9.47 Å². The van der Waals surface area contributed by atoms with E-state index in [2.05, 4.69) is 4.74 Å². The van der Waals surface area contributed by atoms with E-state index in [9.17, 15) is 22.8 Å². The van der Waals surface area contributed by atoms with Crippen LogP contribution in [-0.4, -0.2) is 62.2 Å². The number of carbonyl (C=O) groups is 2. The number of halogens is 3. The number of hydrogen-bond acceptors (Lipinski definition) is 5. The van der Waals surface area contributed by atoms with Gasteiger partial charge in [0.05, 0.1) is 13.2 Å². The van der Waals surface area contributed by atoms with Gasteiger partial charge in [0.2, 0.25) is 0 Å². The maximum atomic E-state index is 12.9. The Hall–Kier alpha value is -1.35. The Kier molecular flexibility index (Phi) is 5.51. The second-order valence-electron chi connectivity index (χ2n) is 5.82. The van der Waals surface area contributed by atoms with Crippen LogP contribution in [0, 0.1) is 5.92 Å². The van der Waals surface area contributed by atoms with Gasteiger partial charge in [-0.3, -0.25) is 4.79 Å². The molecule has 1 aliphatic heterocycles. The molecule has 1 aliphatic carbocycles. The van der Waals surface area contributed by atoms with E-state index < -0.39 is 30.1 Å². The first kappa shape index (κ1) is 18.0. The van der Waals surface area contributed by atoms with Gasteiger partial charge in [0.1, 0.15) is 12.8 Å². The number of methoxy groups -OCH3 is 2. The monoisotopic (exact) mass is 339 g/mol. The van der Waals surface area contributed by atoms with Crippen LogP contribution >= 0.6 is 0 Å². The number of amides is 1. The van der Waals surface area contributed by atoms with Crippen LogP contribution in [0.15, 0.2) is 0 Å². The number of nitrogens with zero attached hydrogens (tertiary/aromatic N) is 1. The number of fused-ring (bicyclic) bond motifs is 1. The molecule has 0 unspecified atom stereocenters. The largest absolute Gasteiger partial charge is 0.471 e. The maximum absolute atomic E-state index is 12.9. The van der Waals surface area contributed by atoms with Crippen LogP contribution < -0.4 is 0 Å². The summed E-state index contributed by atoms with van der Waals surface area (Å²) in [6.45, 7) is 0.0374. The minimum Gasteiger partial charge on any atom is -0.467 e. The molecule has 0 aromatic rings. The van der Waals surface area contributed by atoms with E-state index in [1.165, 1.54) is 7.11 Å². The Morgan fingerprint density at radius 1 is 1.17 bits per heavy atom. The second-order valence-corrected chi connectivity index (χ2v) is 5.82. The molecular weight excluding hydrogens is 319 g/mol. The fourth-order valence-corrected chi connectivity index (χ4v) is 3.52. The molecule has 0 radical (unpaired) electrons. The summed E-state index contributed by atoms with van der Waals surface area (Å²) < 4.78 is 53.5. The van der Waals surface area contributed by atoms with Crippen LogP contribution in [-0.2, 0) is 23.8 Å². The summed E-state index contributed by atoms with van der Waals surface area (Å²) in [5.41, 5.74) is 0. The topological polar surface area (TPSA) is 65.1 Å². The quantitative estimate of drug-likeness (QED) is 0.573. The molecule has 2 rings (SSSR count). The lowest BCUT2D eigenvalue weighted by molar-refractivity contribution is -0.192. The molecule has 0 spiro atoms. The van der Waals surface area contributed by atoms with Crippen LogP contribution in [0.5, 0.6) is 0 Å². The lowest BCUT2D eigenvalue weighted by Gasteiger charge is -2.36. The lowest BCUT2D eigenvalue weighted by atomic mass is 9.83. The highest BCUT2D eigenvalue weighted by Gasteiger charge is 2.55. The van der Waals surface area contributed by atoms with Gasteiger partial charge in [0.25, 0.3) is 0 Å². The van der Waals surface area contributed by atoms with Gasteiger partial charge in [-0.25, -0.2) is 4.79 Å². The molecule has 1 saturated heterocycles. The minimum absolute atomic E-state index is 0.0374. The van der Waals surface area contributed by atoms with Crippen LogP contribution in [0.2, 0.25) is 0 Å². The van der Waals surface area contributed by atoms with Crippen LogP contribution in [0.25, 0.3) is 0 Å². The third kappa shape index (κ3) is 3.77. The van der Waals surface area contributed by atoms with Crippen LogP contribution in [0.1, 0.15) is 25.7 Å². The van der Waals surface area contributed by atoms with E-state index >= 15 is 0 Å². The van der Waals surface area contributed by atoms with E-state index in [1.54, 1.807) is 0 Å². The number of likely N-dealkylation sites (tertiary alicyclic amines) is 1. The Labute approximate surface area is 131 Å². The predicted molar refractivity (Wildman–Crippen MR) is 71.2 cm³/mol. The number of hydrogen-bond donors (Lipinski definition) is 0. The first-order chi connectivity index (χ1) is 10.8. The molecule has 1 amide bonds. The molecule has 0 aromatic carbocycles. The molecule has 6 nitrogen and oxygen atoms in total. The number of rotatable bonds is 4. The molecular formula is C14H20F3NO5. The Morgan fingerprint density at radius 3 is 2.43 bits per heavy atom. The number of alkyl halides is 3. The summed E-state index contributed by atoms with van der Waals surface area (Å²) in [6, 6.07) is -1.87. The average Bonchev–Trinajstić information content (AvgIpc) is 2.88. The van der Waals surface area contributed by atoms with Gasteiger partial charge in [0, 0.05) is 13.2 Å². The zero-order valence-corrected chi connectivity index (χ0v) is 13.0. The zero-order chi connectivity index (χ0) is 17.2. The summed E-state index contributed by atoms with van der Waals surface area (Å²) in [6.07, 6.45) is -3.63. The molecule has 1 heterocycles. The molecule has 4 atom stereocenters. The third-order valence-electron chi connectivity index (χ3n) is 4.50. The average molecular weight is 339 g/mol.